The summed E-state index contributed by atoms with van der Waals surface area (Å²) in [6, 6.07) is 0. The fraction of sp³-hybridized carbons (Fsp3) is 0.667. The number of hydrogen-bond acceptors (Lipinski definition) is 2. The maximum absolute atomic E-state index is 5.21. The van der Waals surface area contributed by atoms with Crippen molar-refractivity contribution in [1.29, 1.82) is 0 Å². The van der Waals surface area contributed by atoms with Crippen LogP contribution in [0.1, 0.15) is 13.8 Å². The highest BCUT2D eigenvalue weighted by atomic mass is 16.7. The summed E-state index contributed by atoms with van der Waals surface area (Å²) in [5, 5.41) is 1.78. The van der Waals surface area contributed by atoms with E-state index >= 15 is 0 Å². The molecule has 0 saturated heterocycles. The van der Waals surface area contributed by atoms with E-state index in [1.807, 2.05) is 20.9 Å². The van der Waals surface area contributed by atoms with Gasteiger partial charge < -0.3 is 0 Å². The lowest BCUT2D eigenvalue weighted by Gasteiger charge is -2.11. The smallest absolute Gasteiger partial charge is 0.103 e. The van der Waals surface area contributed by atoms with Gasteiger partial charge in [-0.05, 0) is 19.9 Å². The quantitative estimate of drug-likeness (QED) is 0.467. The highest BCUT2D eigenvalue weighted by Crippen LogP contribution is 2.13. The molecule has 0 aromatic heterocycles. The van der Waals surface area contributed by atoms with E-state index in [-0.39, 0.29) is 6.10 Å². The van der Waals surface area contributed by atoms with Crippen LogP contribution in [0.2, 0.25) is 0 Å². The highest BCUT2D eigenvalue weighted by Gasteiger charge is 2.12. The van der Waals surface area contributed by atoms with Crippen molar-refractivity contribution in [1.82, 2.24) is 5.06 Å². The van der Waals surface area contributed by atoms with E-state index in [0.717, 1.165) is 0 Å². The summed E-state index contributed by atoms with van der Waals surface area (Å²) < 4.78 is 0. The van der Waals surface area contributed by atoms with Gasteiger partial charge >= 0.3 is 0 Å². The van der Waals surface area contributed by atoms with Crippen molar-refractivity contribution < 1.29 is 4.84 Å². The molecule has 0 bridgehead atoms. The normalized spacial score (nSPS) is 28.6. The molecule has 2 heteroatoms. The van der Waals surface area contributed by atoms with Crippen LogP contribution in [0, 0.1) is 0 Å². The van der Waals surface area contributed by atoms with Crippen LogP contribution in [0.3, 0.4) is 0 Å². The summed E-state index contributed by atoms with van der Waals surface area (Å²) >= 11 is 0. The maximum Gasteiger partial charge on any atom is 0.103 e. The lowest BCUT2D eigenvalue weighted by Crippen LogP contribution is -2.12. The molecule has 0 radical (unpaired) electrons. The fourth-order valence-corrected chi connectivity index (χ4v) is 0.808. The molecule has 1 aliphatic heterocycles. The molecule has 1 atom stereocenters. The Morgan fingerprint density at radius 2 is 2.38 bits per heavy atom. The van der Waals surface area contributed by atoms with Crippen LogP contribution in [0.25, 0.3) is 0 Å². The molecular weight excluding hydrogens is 102 g/mol. The number of nitrogens with zero attached hydrogens (tertiary/aromatic N) is 1. The molecule has 8 heavy (non-hydrogen) atoms. The van der Waals surface area contributed by atoms with Crippen LogP contribution < -0.4 is 0 Å². The Hall–Kier alpha value is -0.500. The first-order valence-electron chi connectivity index (χ1n) is 2.79. The van der Waals surface area contributed by atoms with Crippen molar-refractivity contribution in [3.05, 3.63) is 11.8 Å². The molecule has 1 unspecified atom stereocenters. The van der Waals surface area contributed by atoms with Gasteiger partial charge in [0.25, 0.3) is 0 Å². The van der Waals surface area contributed by atoms with Crippen LogP contribution in [-0.2, 0) is 4.84 Å². The zero-order valence-electron chi connectivity index (χ0n) is 5.51. The van der Waals surface area contributed by atoms with Crippen molar-refractivity contribution in [2.24, 2.45) is 0 Å². The summed E-state index contributed by atoms with van der Waals surface area (Å²) in [5.74, 6) is 0. The lowest BCUT2D eigenvalue weighted by molar-refractivity contribution is -0.112. The number of hydrogen-bond donors (Lipinski definition) is 0. The van der Waals surface area contributed by atoms with E-state index in [9.17, 15) is 0 Å². The highest BCUT2D eigenvalue weighted by molar-refractivity contribution is 5.01. The van der Waals surface area contributed by atoms with Crippen LogP contribution in [0.4, 0.5) is 0 Å². The van der Waals surface area contributed by atoms with Crippen molar-refractivity contribution in [2.75, 3.05) is 7.05 Å². The molecule has 0 aromatic carbocycles. The molecule has 0 saturated carbocycles. The van der Waals surface area contributed by atoms with Crippen molar-refractivity contribution in [3.8, 4) is 0 Å². The molecule has 0 spiro atoms. The van der Waals surface area contributed by atoms with Crippen molar-refractivity contribution in [2.45, 2.75) is 20.0 Å². The topological polar surface area (TPSA) is 12.5 Å². The van der Waals surface area contributed by atoms with Gasteiger partial charge in [-0.25, -0.2) is 0 Å². The molecule has 1 rings (SSSR count). The summed E-state index contributed by atoms with van der Waals surface area (Å²) in [6.45, 7) is 4.05. The largest absolute Gasteiger partial charge is 0.267 e. The Labute approximate surface area is 49.7 Å². The first-order chi connectivity index (χ1) is 3.70. The van der Waals surface area contributed by atoms with E-state index in [1.54, 1.807) is 5.06 Å². The van der Waals surface area contributed by atoms with Gasteiger partial charge in [-0.1, -0.05) is 0 Å². The zero-order chi connectivity index (χ0) is 6.15. The summed E-state index contributed by atoms with van der Waals surface area (Å²) in [5.41, 5.74) is 1.19. The van der Waals surface area contributed by atoms with Crippen LogP contribution in [-0.4, -0.2) is 18.2 Å². The third-order valence-electron chi connectivity index (χ3n) is 1.30. The fourth-order valence-electron chi connectivity index (χ4n) is 0.808. The monoisotopic (exact) mass is 113 g/mol. The molecular formula is C6H11NO. The minimum absolute atomic E-state index is 0.264. The van der Waals surface area contributed by atoms with Gasteiger partial charge in [-0.2, -0.15) is 0 Å². The Bertz CT molecular complexity index is 120. The Morgan fingerprint density at radius 1 is 1.75 bits per heavy atom. The van der Waals surface area contributed by atoms with Gasteiger partial charge in [0.1, 0.15) is 6.10 Å². The molecule has 0 amide bonds. The van der Waals surface area contributed by atoms with E-state index < -0.39 is 0 Å². The number of hydroxylamine groups is 2. The average molecular weight is 113 g/mol. The van der Waals surface area contributed by atoms with Crippen LogP contribution in [0.5, 0.6) is 0 Å². The van der Waals surface area contributed by atoms with Gasteiger partial charge in [-0.3, -0.25) is 9.90 Å². The van der Waals surface area contributed by atoms with Gasteiger partial charge in [0.05, 0.1) is 0 Å². The second kappa shape index (κ2) is 1.78. The molecule has 1 aliphatic rings. The van der Waals surface area contributed by atoms with Gasteiger partial charge in [0.2, 0.25) is 0 Å². The SMILES string of the molecule is CC1=CC(C)ON1C. The molecule has 0 aromatic rings. The van der Waals surface area contributed by atoms with E-state index in [2.05, 4.69) is 6.08 Å². The Kier molecular flexibility index (Phi) is 1.26. The zero-order valence-corrected chi connectivity index (χ0v) is 5.51. The third-order valence-corrected chi connectivity index (χ3v) is 1.30. The van der Waals surface area contributed by atoms with E-state index in [4.69, 9.17) is 4.84 Å². The maximum atomic E-state index is 5.21. The lowest BCUT2D eigenvalue weighted by atomic mass is 10.3. The summed E-state index contributed by atoms with van der Waals surface area (Å²) in [7, 11) is 1.91. The van der Waals surface area contributed by atoms with Gasteiger partial charge in [0, 0.05) is 12.7 Å². The van der Waals surface area contributed by atoms with Crippen LogP contribution in [0.15, 0.2) is 11.8 Å². The molecule has 0 fully saturated rings. The standard InChI is InChI=1S/C6H11NO/c1-5-4-6(2)8-7(5)3/h4,6H,1-3H3. The van der Waals surface area contributed by atoms with Gasteiger partial charge in [-0.15, -0.1) is 0 Å². The van der Waals surface area contributed by atoms with Crippen molar-refractivity contribution in [3.63, 3.8) is 0 Å². The number of rotatable bonds is 0. The number of allylic oxidation sites excluding steroid dienone is 1. The first-order valence-corrected chi connectivity index (χ1v) is 2.79. The second-order valence-electron chi connectivity index (χ2n) is 2.12. The van der Waals surface area contributed by atoms with E-state index in [1.165, 1.54) is 5.70 Å². The Balaban J connectivity index is 2.59. The minimum atomic E-state index is 0.264. The van der Waals surface area contributed by atoms with Crippen molar-refractivity contribution >= 4 is 0 Å². The molecule has 0 N–H and O–H groups in total. The van der Waals surface area contributed by atoms with Crippen LogP contribution >= 0.6 is 0 Å². The predicted molar refractivity (Wildman–Crippen MR) is 32.1 cm³/mol. The third kappa shape index (κ3) is 0.842. The molecule has 1 heterocycles. The van der Waals surface area contributed by atoms with E-state index in [0.29, 0.717) is 0 Å². The predicted octanol–water partition coefficient (Wildman–Crippen LogP) is 1.16. The molecule has 46 valence electrons. The molecule has 2 nitrogen and oxygen atoms in total. The second-order valence-corrected chi connectivity index (χ2v) is 2.12. The summed E-state index contributed by atoms with van der Waals surface area (Å²) in [6.07, 6.45) is 2.35. The first kappa shape index (κ1) is 5.63. The van der Waals surface area contributed by atoms with Gasteiger partial charge in [0.15, 0.2) is 0 Å². The summed E-state index contributed by atoms with van der Waals surface area (Å²) in [4.78, 5) is 5.21. The average Bonchev–Trinajstić information content (AvgIpc) is 1.85. The minimum Gasteiger partial charge on any atom is -0.267 e. The Morgan fingerprint density at radius 3 is 2.50 bits per heavy atom. The molecule has 0 aliphatic carbocycles.